The second kappa shape index (κ2) is 14.2. The smallest absolute Gasteiger partial charge is 0.251 e. The first-order chi connectivity index (χ1) is 12.5. The van der Waals surface area contributed by atoms with Crippen molar-refractivity contribution >= 4 is 41.8 Å². The molecule has 1 aromatic rings. The van der Waals surface area contributed by atoms with Crippen LogP contribution in [0.5, 0.6) is 0 Å². The number of nitrogens with one attached hydrogen (secondary N) is 4. The summed E-state index contributed by atoms with van der Waals surface area (Å²) < 4.78 is 0. The summed E-state index contributed by atoms with van der Waals surface area (Å²) in [6, 6.07) is 7.74. The number of rotatable bonds is 9. The first-order valence-corrected chi connectivity index (χ1v) is 9.05. The van der Waals surface area contributed by atoms with Gasteiger partial charge in [0.05, 0.1) is 0 Å². The van der Waals surface area contributed by atoms with Crippen molar-refractivity contribution in [1.82, 2.24) is 21.3 Å². The number of carbonyl (C=O) groups is 2. The number of aliphatic imine (C=N–C) groups is 1. The second-order valence-electron chi connectivity index (χ2n) is 6.08. The van der Waals surface area contributed by atoms with Gasteiger partial charge in [-0.1, -0.05) is 19.1 Å². The molecule has 0 spiro atoms. The molecule has 0 saturated carbocycles. The zero-order chi connectivity index (χ0) is 19.4. The Morgan fingerprint density at radius 3 is 2.52 bits per heavy atom. The number of carbonyl (C=O) groups excluding carboxylic acids is 2. The van der Waals surface area contributed by atoms with Crippen molar-refractivity contribution in [3.8, 4) is 0 Å². The van der Waals surface area contributed by atoms with Crippen LogP contribution >= 0.6 is 24.0 Å². The minimum Gasteiger partial charge on any atom is -0.356 e. The van der Waals surface area contributed by atoms with E-state index in [0.29, 0.717) is 31.0 Å². The van der Waals surface area contributed by atoms with Gasteiger partial charge in [0.25, 0.3) is 5.91 Å². The van der Waals surface area contributed by atoms with Gasteiger partial charge in [0, 0.05) is 45.2 Å². The Morgan fingerprint density at radius 1 is 1.19 bits per heavy atom. The van der Waals surface area contributed by atoms with E-state index in [2.05, 4.69) is 26.3 Å². The van der Waals surface area contributed by atoms with Crippen molar-refractivity contribution in [3.05, 3.63) is 35.4 Å². The molecule has 152 valence electrons. The van der Waals surface area contributed by atoms with Gasteiger partial charge < -0.3 is 21.3 Å². The van der Waals surface area contributed by atoms with Crippen LogP contribution in [0.2, 0.25) is 0 Å². The number of amides is 2. The molecule has 2 amide bonds. The van der Waals surface area contributed by atoms with Gasteiger partial charge in [0.15, 0.2) is 5.96 Å². The third-order valence-electron chi connectivity index (χ3n) is 4.01. The lowest BCUT2D eigenvalue weighted by Crippen LogP contribution is -2.41. The molecule has 1 unspecified atom stereocenters. The molecule has 4 N–H and O–H groups in total. The van der Waals surface area contributed by atoms with E-state index >= 15 is 0 Å². The first kappa shape index (κ1) is 25.2. The lowest BCUT2D eigenvalue weighted by molar-refractivity contribution is -0.121. The molecule has 1 aromatic carbocycles. The molecular weight excluding hydrogens is 457 g/mol. The Morgan fingerprint density at radius 2 is 1.89 bits per heavy atom. The molecule has 0 aromatic heterocycles. The summed E-state index contributed by atoms with van der Waals surface area (Å²) in [5.74, 6) is 0.602. The number of hydrogen-bond acceptors (Lipinski definition) is 3. The molecule has 0 fully saturated rings. The number of hydrogen-bond donors (Lipinski definition) is 4. The minimum atomic E-state index is -0.0899. The van der Waals surface area contributed by atoms with Crippen LogP contribution in [0, 0.1) is 0 Å². The van der Waals surface area contributed by atoms with Gasteiger partial charge in [-0.25, -0.2) is 0 Å². The average Bonchev–Trinajstić information content (AvgIpc) is 2.66. The van der Waals surface area contributed by atoms with Crippen LogP contribution in [0.15, 0.2) is 29.3 Å². The van der Waals surface area contributed by atoms with E-state index in [9.17, 15) is 9.59 Å². The predicted molar refractivity (Wildman–Crippen MR) is 121 cm³/mol. The van der Waals surface area contributed by atoms with E-state index in [-0.39, 0.29) is 41.8 Å². The van der Waals surface area contributed by atoms with Crippen molar-refractivity contribution in [2.75, 3.05) is 27.2 Å². The third kappa shape index (κ3) is 10.2. The van der Waals surface area contributed by atoms with Gasteiger partial charge in [-0.3, -0.25) is 14.6 Å². The molecule has 0 radical (unpaired) electrons. The number of benzene rings is 1. The summed E-state index contributed by atoms with van der Waals surface area (Å²) >= 11 is 0. The van der Waals surface area contributed by atoms with E-state index in [4.69, 9.17) is 0 Å². The minimum absolute atomic E-state index is 0. The maximum absolute atomic E-state index is 11.7. The summed E-state index contributed by atoms with van der Waals surface area (Å²) in [5, 5.41) is 11.9. The Hall–Kier alpha value is -1.84. The van der Waals surface area contributed by atoms with E-state index in [1.807, 2.05) is 32.0 Å². The highest BCUT2D eigenvalue weighted by Crippen LogP contribution is 2.05. The number of halogens is 1. The number of nitrogens with zero attached hydrogens (tertiary/aromatic N) is 1. The highest BCUT2D eigenvalue weighted by atomic mass is 127. The maximum Gasteiger partial charge on any atom is 0.251 e. The molecule has 0 aliphatic carbocycles. The van der Waals surface area contributed by atoms with E-state index in [1.54, 1.807) is 20.2 Å². The molecule has 27 heavy (non-hydrogen) atoms. The molecule has 0 heterocycles. The van der Waals surface area contributed by atoms with Crippen molar-refractivity contribution in [2.45, 2.75) is 39.2 Å². The van der Waals surface area contributed by atoms with Crippen molar-refractivity contribution in [1.29, 1.82) is 0 Å². The van der Waals surface area contributed by atoms with E-state index < -0.39 is 0 Å². The fraction of sp³-hybridized carbons (Fsp3) is 0.526. The van der Waals surface area contributed by atoms with Gasteiger partial charge in [0.1, 0.15) is 0 Å². The van der Waals surface area contributed by atoms with Crippen LogP contribution in [-0.2, 0) is 11.2 Å². The zero-order valence-corrected chi connectivity index (χ0v) is 18.9. The summed E-state index contributed by atoms with van der Waals surface area (Å²) in [6.07, 6.45) is 2.09. The number of guanidine groups is 1. The molecule has 0 saturated heterocycles. The van der Waals surface area contributed by atoms with Gasteiger partial charge >= 0.3 is 0 Å². The Balaban J connectivity index is 0.00000676. The van der Waals surface area contributed by atoms with Crippen LogP contribution in [0.25, 0.3) is 0 Å². The summed E-state index contributed by atoms with van der Waals surface area (Å²) in [4.78, 5) is 27.6. The molecular formula is C19H32IN5O2. The van der Waals surface area contributed by atoms with Crippen molar-refractivity contribution < 1.29 is 9.59 Å². The molecule has 0 aliphatic rings. The van der Waals surface area contributed by atoms with Crippen LogP contribution < -0.4 is 21.3 Å². The van der Waals surface area contributed by atoms with Gasteiger partial charge in [-0.2, -0.15) is 0 Å². The standard InChI is InChI=1S/C19H31N5O2.HI/c1-5-14(2)24-17(25)10-12-23-19(21-4)22-11-9-15-7-6-8-16(13-15)18(26)20-3;/h6-8,13-14H,5,9-12H2,1-4H3,(H,20,26)(H,24,25)(H2,21,22,23);1H. The van der Waals surface area contributed by atoms with Crippen LogP contribution in [0.1, 0.15) is 42.6 Å². The normalized spacial score (nSPS) is 11.8. The van der Waals surface area contributed by atoms with E-state index in [1.165, 1.54) is 0 Å². The van der Waals surface area contributed by atoms with Crippen LogP contribution in [0.4, 0.5) is 0 Å². The molecule has 0 aliphatic heterocycles. The van der Waals surface area contributed by atoms with Crippen LogP contribution in [0.3, 0.4) is 0 Å². The molecule has 0 bridgehead atoms. The quantitative estimate of drug-likeness (QED) is 0.241. The van der Waals surface area contributed by atoms with Crippen LogP contribution in [-0.4, -0.2) is 51.0 Å². The predicted octanol–water partition coefficient (Wildman–Crippen LogP) is 1.68. The monoisotopic (exact) mass is 489 g/mol. The molecule has 1 atom stereocenters. The SMILES string of the molecule is CCC(C)NC(=O)CCNC(=NC)NCCc1cccc(C(=O)NC)c1.I. The average molecular weight is 489 g/mol. The van der Waals surface area contributed by atoms with Gasteiger partial charge in [-0.15, -0.1) is 24.0 Å². The first-order valence-electron chi connectivity index (χ1n) is 9.05. The van der Waals surface area contributed by atoms with Gasteiger partial charge in [0.2, 0.25) is 5.91 Å². The largest absolute Gasteiger partial charge is 0.356 e. The van der Waals surface area contributed by atoms with Crippen molar-refractivity contribution in [2.24, 2.45) is 4.99 Å². The lowest BCUT2D eigenvalue weighted by atomic mass is 10.1. The summed E-state index contributed by atoms with van der Waals surface area (Å²) in [7, 11) is 3.32. The van der Waals surface area contributed by atoms with Crippen molar-refractivity contribution in [3.63, 3.8) is 0 Å². The fourth-order valence-corrected chi connectivity index (χ4v) is 2.30. The molecule has 8 heteroatoms. The molecule has 1 rings (SSSR count). The second-order valence-corrected chi connectivity index (χ2v) is 6.08. The highest BCUT2D eigenvalue weighted by Gasteiger charge is 2.06. The fourth-order valence-electron chi connectivity index (χ4n) is 2.30. The Kier molecular flexibility index (Phi) is 13.3. The topological polar surface area (TPSA) is 94.6 Å². The maximum atomic E-state index is 11.7. The Bertz CT molecular complexity index is 622. The van der Waals surface area contributed by atoms with Gasteiger partial charge in [-0.05, 0) is 37.5 Å². The summed E-state index contributed by atoms with van der Waals surface area (Å²) in [6.45, 7) is 5.23. The Labute approximate surface area is 179 Å². The van der Waals surface area contributed by atoms with E-state index in [0.717, 1.165) is 18.4 Å². The zero-order valence-electron chi connectivity index (χ0n) is 16.6. The lowest BCUT2D eigenvalue weighted by Gasteiger charge is -2.14. The summed E-state index contributed by atoms with van der Waals surface area (Å²) in [5.41, 5.74) is 1.72. The molecule has 7 nitrogen and oxygen atoms in total. The third-order valence-corrected chi connectivity index (χ3v) is 4.01. The highest BCUT2D eigenvalue weighted by molar-refractivity contribution is 14.0.